The molecule has 0 aromatic carbocycles. The average molecular weight is 226 g/mol. The summed E-state index contributed by atoms with van der Waals surface area (Å²) in [6.07, 6.45) is 2.46. The highest BCUT2D eigenvalue weighted by Crippen LogP contribution is 2.13. The molecule has 0 fully saturated rings. The number of hydrogen-bond donors (Lipinski definition) is 1. The Balaban J connectivity index is 2.57. The van der Waals surface area contributed by atoms with E-state index in [1.54, 1.807) is 6.92 Å². The lowest BCUT2D eigenvalue weighted by Crippen LogP contribution is -2.33. The molecule has 0 saturated carbocycles. The van der Waals surface area contributed by atoms with Crippen LogP contribution in [0.25, 0.3) is 0 Å². The van der Waals surface area contributed by atoms with Gasteiger partial charge in [-0.2, -0.15) is 5.10 Å². The standard InChI is InChI=1S/C12H22N2O2/c1-5-16-9-12(4,15)8-11-6-7-14(13-11)10(2)3/h6-7,10,15H,5,8-9H2,1-4H3. The molecule has 0 saturated heterocycles. The van der Waals surface area contributed by atoms with Gasteiger partial charge < -0.3 is 9.84 Å². The normalized spacial score (nSPS) is 15.4. The number of hydrogen-bond acceptors (Lipinski definition) is 3. The van der Waals surface area contributed by atoms with E-state index in [9.17, 15) is 5.11 Å². The minimum Gasteiger partial charge on any atom is -0.387 e. The fraction of sp³-hybridized carbons (Fsp3) is 0.750. The first-order valence-electron chi connectivity index (χ1n) is 5.79. The Kier molecular flexibility index (Phi) is 4.50. The number of ether oxygens (including phenoxy) is 1. The van der Waals surface area contributed by atoms with Gasteiger partial charge in [0.25, 0.3) is 0 Å². The van der Waals surface area contributed by atoms with Gasteiger partial charge in [-0.25, -0.2) is 0 Å². The van der Waals surface area contributed by atoms with Crippen LogP contribution in [0, 0.1) is 0 Å². The first-order valence-corrected chi connectivity index (χ1v) is 5.79. The summed E-state index contributed by atoms with van der Waals surface area (Å²) < 4.78 is 7.14. The van der Waals surface area contributed by atoms with Crippen molar-refractivity contribution in [3.63, 3.8) is 0 Å². The van der Waals surface area contributed by atoms with Crippen molar-refractivity contribution in [2.45, 2.75) is 45.8 Å². The molecular formula is C12H22N2O2. The molecule has 1 atom stereocenters. The molecule has 0 aliphatic carbocycles. The number of aliphatic hydroxyl groups is 1. The van der Waals surface area contributed by atoms with Gasteiger partial charge >= 0.3 is 0 Å². The third kappa shape index (κ3) is 3.94. The third-order valence-electron chi connectivity index (χ3n) is 2.37. The van der Waals surface area contributed by atoms with Crippen LogP contribution >= 0.6 is 0 Å². The summed E-state index contributed by atoms with van der Waals surface area (Å²) in [6, 6.07) is 2.30. The second-order valence-corrected chi connectivity index (χ2v) is 4.69. The topological polar surface area (TPSA) is 47.3 Å². The van der Waals surface area contributed by atoms with Gasteiger partial charge in [0.15, 0.2) is 0 Å². The van der Waals surface area contributed by atoms with Gasteiger partial charge in [-0.3, -0.25) is 4.68 Å². The lowest BCUT2D eigenvalue weighted by molar-refractivity contribution is -0.0303. The second kappa shape index (κ2) is 5.46. The van der Waals surface area contributed by atoms with E-state index in [0.717, 1.165) is 5.69 Å². The molecule has 1 heterocycles. The summed E-state index contributed by atoms with van der Waals surface area (Å²) in [6.45, 7) is 8.82. The molecule has 16 heavy (non-hydrogen) atoms. The van der Waals surface area contributed by atoms with Crippen LogP contribution in [0.5, 0.6) is 0 Å². The molecule has 1 rings (SSSR count). The smallest absolute Gasteiger partial charge is 0.0908 e. The van der Waals surface area contributed by atoms with Crippen LogP contribution < -0.4 is 0 Å². The molecule has 0 spiro atoms. The van der Waals surface area contributed by atoms with E-state index in [1.807, 2.05) is 23.9 Å². The first-order chi connectivity index (χ1) is 7.44. The fourth-order valence-corrected chi connectivity index (χ4v) is 1.52. The Morgan fingerprint density at radius 2 is 2.25 bits per heavy atom. The van der Waals surface area contributed by atoms with Crippen molar-refractivity contribution in [3.05, 3.63) is 18.0 Å². The summed E-state index contributed by atoms with van der Waals surface area (Å²) in [4.78, 5) is 0. The molecule has 0 amide bonds. The highest BCUT2D eigenvalue weighted by Gasteiger charge is 2.22. The summed E-state index contributed by atoms with van der Waals surface area (Å²) in [5.41, 5.74) is 0.0602. The van der Waals surface area contributed by atoms with Gasteiger partial charge in [-0.1, -0.05) is 0 Å². The van der Waals surface area contributed by atoms with Crippen molar-refractivity contribution in [3.8, 4) is 0 Å². The molecule has 1 unspecified atom stereocenters. The van der Waals surface area contributed by atoms with E-state index in [2.05, 4.69) is 18.9 Å². The number of nitrogens with zero attached hydrogens (tertiary/aromatic N) is 2. The van der Waals surface area contributed by atoms with Crippen molar-refractivity contribution in [1.29, 1.82) is 0 Å². The van der Waals surface area contributed by atoms with Crippen molar-refractivity contribution in [1.82, 2.24) is 9.78 Å². The van der Waals surface area contributed by atoms with Gasteiger partial charge in [0, 0.05) is 25.3 Å². The molecule has 1 aromatic rings. The zero-order valence-corrected chi connectivity index (χ0v) is 10.6. The van der Waals surface area contributed by atoms with Gasteiger partial charge in [-0.15, -0.1) is 0 Å². The second-order valence-electron chi connectivity index (χ2n) is 4.69. The molecule has 4 nitrogen and oxygen atoms in total. The SMILES string of the molecule is CCOCC(C)(O)Cc1ccn(C(C)C)n1. The largest absolute Gasteiger partial charge is 0.387 e. The Morgan fingerprint density at radius 1 is 1.56 bits per heavy atom. The van der Waals surface area contributed by atoms with Crippen molar-refractivity contribution in [2.75, 3.05) is 13.2 Å². The van der Waals surface area contributed by atoms with Crippen LogP contribution in [0.4, 0.5) is 0 Å². The lowest BCUT2D eigenvalue weighted by atomic mass is 10.0. The Morgan fingerprint density at radius 3 is 2.75 bits per heavy atom. The van der Waals surface area contributed by atoms with E-state index in [1.165, 1.54) is 0 Å². The van der Waals surface area contributed by atoms with Gasteiger partial charge in [-0.05, 0) is 33.8 Å². The molecule has 1 aromatic heterocycles. The maximum atomic E-state index is 10.1. The van der Waals surface area contributed by atoms with E-state index in [0.29, 0.717) is 25.7 Å². The Labute approximate surface area is 97.2 Å². The van der Waals surface area contributed by atoms with E-state index < -0.39 is 5.60 Å². The third-order valence-corrected chi connectivity index (χ3v) is 2.37. The molecule has 0 aliphatic heterocycles. The van der Waals surface area contributed by atoms with E-state index in [4.69, 9.17) is 4.74 Å². The van der Waals surface area contributed by atoms with Crippen molar-refractivity contribution in [2.24, 2.45) is 0 Å². The van der Waals surface area contributed by atoms with Crippen LogP contribution in [-0.2, 0) is 11.2 Å². The molecular weight excluding hydrogens is 204 g/mol. The number of aromatic nitrogens is 2. The van der Waals surface area contributed by atoms with Crippen LogP contribution in [-0.4, -0.2) is 33.7 Å². The summed E-state index contributed by atoms with van der Waals surface area (Å²) in [5.74, 6) is 0. The molecule has 1 N–H and O–H groups in total. The summed E-state index contributed by atoms with van der Waals surface area (Å²) >= 11 is 0. The van der Waals surface area contributed by atoms with Gasteiger partial charge in [0.05, 0.1) is 17.9 Å². The van der Waals surface area contributed by atoms with Crippen LogP contribution in [0.1, 0.15) is 39.4 Å². The molecule has 0 bridgehead atoms. The maximum absolute atomic E-state index is 10.1. The van der Waals surface area contributed by atoms with Crippen LogP contribution in [0.2, 0.25) is 0 Å². The Bertz CT molecular complexity index is 319. The maximum Gasteiger partial charge on any atom is 0.0908 e. The van der Waals surface area contributed by atoms with E-state index in [-0.39, 0.29) is 0 Å². The van der Waals surface area contributed by atoms with Gasteiger partial charge in [0.2, 0.25) is 0 Å². The molecule has 92 valence electrons. The fourth-order valence-electron chi connectivity index (χ4n) is 1.52. The summed E-state index contributed by atoms with van der Waals surface area (Å²) in [5, 5.41) is 14.5. The Hall–Kier alpha value is -0.870. The average Bonchev–Trinajstić information content (AvgIpc) is 2.62. The minimum absolute atomic E-state index is 0.345. The highest BCUT2D eigenvalue weighted by molar-refractivity contribution is 5.03. The quantitative estimate of drug-likeness (QED) is 0.804. The monoisotopic (exact) mass is 226 g/mol. The van der Waals surface area contributed by atoms with Crippen molar-refractivity contribution >= 4 is 0 Å². The molecule has 4 heteroatoms. The lowest BCUT2D eigenvalue weighted by Gasteiger charge is -2.21. The zero-order chi connectivity index (χ0) is 12.2. The zero-order valence-electron chi connectivity index (χ0n) is 10.6. The first kappa shape index (κ1) is 13.2. The van der Waals surface area contributed by atoms with Crippen LogP contribution in [0.3, 0.4) is 0 Å². The van der Waals surface area contributed by atoms with Gasteiger partial charge in [0.1, 0.15) is 0 Å². The van der Waals surface area contributed by atoms with E-state index >= 15 is 0 Å². The predicted molar refractivity (Wildman–Crippen MR) is 63.4 cm³/mol. The highest BCUT2D eigenvalue weighted by atomic mass is 16.5. The van der Waals surface area contributed by atoms with Crippen molar-refractivity contribution < 1.29 is 9.84 Å². The minimum atomic E-state index is -0.841. The van der Waals surface area contributed by atoms with Crippen LogP contribution in [0.15, 0.2) is 12.3 Å². The summed E-state index contributed by atoms with van der Waals surface area (Å²) in [7, 11) is 0. The predicted octanol–water partition coefficient (Wildman–Crippen LogP) is 1.79. The molecule has 0 aliphatic rings. The molecule has 0 radical (unpaired) electrons. The number of rotatable bonds is 6.